The first-order valence-corrected chi connectivity index (χ1v) is 10.0. The Bertz CT molecular complexity index is 644. The Morgan fingerprint density at radius 1 is 1.29 bits per heavy atom. The first kappa shape index (κ1) is 19.0. The van der Waals surface area contributed by atoms with Gasteiger partial charge in [-0.1, -0.05) is 6.07 Å². The third kappa shape index (κ3) is 5.07. The highest BCUT2D eigenvalue weighted by Gasteiger charge is 2.43. The fourth-order valence-corrected chi connectivity index (χ4v) is 5.53. The second kappa shape index (κ2) is 6.87. The number of benzene rings is 1. The Kier molecular flexibility index (Phi) is 5.44. The predicted octanol–water partition coefficient (Wildman–Crippen LogP) is 3.78. The summed E-state index contributed by atoms with van der Waals surface area (Å²) in [5.74, 6) is 0.120. The molecule has 0 aliphatic carbocycles. The van der Waals surface area contributed by atoms with E-state index in [-0.39, 0.29) is 34.0 Å². The van der Waals surface area contributed by atoms with E-state index in [9.17, 15) is 22.8 Å². The molecule has 0 bridgehead atoms. The van der Waals surface area contributed by atoms with Gasteiger partial charge in [-0.3, -0.25) is 14.5 Å². The molecule has 2 amide bonds. The molecule has 1 aromatic rings. The van der Waals surface area contributed by atoms with E-state index in [0.717, 1.165) is 22.9 Å². The van der Waals surface area contributed by atoms with E-state index in [1.807, 2.05) is 20.8 Å². The van der Waals surface area contributed by atoms with Crippen LogP contribution in [0, 0.1) is 0 Å². The molecule has 4 nitrogen and oxygen atoms in total. The summed E-state index contributed by atoms with van der Waals surface area (Å²) in [6, 6.07) is 4.68. The molecule has 1 saturated heterocycles. The van der Waals surface area contributed by atoms with Crippen molar-refractivity contribution in [2.24, 2.45) is 0 Å². The summed E-state index contributed by atoms with van der Waals surface area (Å²) in [6.07, 6.45) is -4.46. The van der Waals surface area contributed by atoms with E-state index in [4.69, 9.17) is 0 Å². The minimum atomic E-state index is -4.46. The normalized spacial score (nSPS) is 18.8. The molecule has 1 aromatic carbocycles. The zero-order valence-electron chi connectivity index (χ0n) is 13.4. The van der Waals surface area contributed by atoms with Gasteiger partial charge in [-0.15, -0.1) is 0 Å². The number of carbonyl (C=O) groups excluding carboxylic acids is 2. The molecule has 0 spiro atoms. The van der Waals surface area contributed by atoms with Crippen LogP contribution in [-0.2, 0) is 20.9 Å². The fraction of sp³-hybridized carbons (Fsp3) is 0.467. The van der Waals surface area contributed by atoms with Crippen LogP contribution in [0.3, 0.4) is 0 Å². The Balaban J connectivity index is 2.06. The van der Waals surface area contributed by atoms with Gasteiger partial charge in [0.15, 0.2) is 10.8 Å². The maximum absolute atomic E-state index is 12.8. The zero-order chi connectivity index (χ0) is 18.1. The van der Waals surface area contributed by atoms with E-state index in [1.165, 1.54) is 17.0 Å². The van der Waals surface area contributed by atoms with Crippen LogP contribution in [0.25, 0.3) is 0 Å². The SMILES string of the molecule is CC(C)(C)NC(=O)S[S+]1CC(=O)N(c2cccc(C(F)(F)F)c2)C1. The molecule has 1 fully saturated rings. The zero-order valence-corrected chi connectivity index (χ0v) is 15.1. The van der Waals surface area contributed by atoms with Gasteiger partial charge in [0.05, 0.1) is 15.5 Å². The van der Waals surface area contributed by atoms with Crippen LogP contribution < -0.4 is 10.2 Å². The van der Waals surface area contributed by atoms with E-state index in [2.05, 4.69) is 5.32 Å². The van der Waals surface area contributed by atoms with Crippen LogP contribution in [0.2, 0.25) is 0 Å². The number of hydrogen-bond acceptors (Lipinski definition) is 3. The van der Waals surface area contributed by atoms with Gasteiger partial charge in [-0.05, 0) is 39.0 Å². The molecule has 0 aromatic heterocycles. The van der Waals surface area contributed by atoms with Gasteiger partial charge in [0.2, 0.25) is 11.6 Å². The first-order chi connectivity index (χ1) is 11.0. The number of alkyl halides is 3. The first-order valence-electron chi connectivity index (χ1n) is 7.11. The van der Waals surface area contributed by atoms with Crippen LogP contribution in [-0.4, -0.2) is 28.3 Å². The third-order valence-corrected chi connectivity index (χ3v) is 6.45. The lowest BCUT2D eigenvalue weighted by atomic mass is 10.1. The van der Waals surface area contributed by atoms with Gasteiger partial charge in [0, 0.05) is 11.2 Å². The van der Waals surface area contributed by atoms with Crippen molar-refractivity contribution in [1.82, 2.24) is 5.32 Å². The molecular weight excluding hydrogens is 361 g/mol. The number of carbonyl (C=O) groups is 2. The Morgan fingerprint density at radius 2 is 1.96 bits per heavy atom. The Hall–Kier alpha value is -1.35. The van der Waals surface area contributed by atoms with Crippen molar-refractivity contribution in [2.75, 3.05) is 16.5 Å². The molecule has 1 N–H and O–H groups in total. The van der Waals surface area contributed by atoms with E-state index in [1.54, 1.807) is 0 Å². The average molecular weight is 379 g/mol. The average Bonchev–Trinajstić information content (AvgIpc) is 2.76. The van der Waals surface area contributed by atoms with Crippen LogP contribution in [0.5, 0.6) is 0 Å². The summed E-state index contributed by atoms with van der Waals surface area (Å²) in [5.41, 5.74) is -0.961. The van der Waals surface area contributed by atoms with Gasteiger partial charge in [0.1, 0.15) is 0 Å². The van der Waals surface area contributed by atoms with Crippen molar-refractivity contribution in [3.63, 3.8) is 0 Å². The maximum atomic E-state index is 12.8. The van der Waals surface area contributed by atoms with Crippen molar-refractivity contribution in [3.8, 4) is 0 Å². The summed E-state index contributed by atoms with van der Waals surface area (Å²) < 4.78 is 38.4. The minimum absolute atomic E-state index is 0.151. The highest BCUT2D eigenvalue weighted by molar-refractivity contribution is 8.80. The van der Waals surface area contributed by atoms with Crippen LogP contribution in [0.15, 0.2) is 24.3 Å². The number of anilines is 1. The molecule has 1 aliphatic rings. The van der Waals surface area contributed by atoms with E-state index < -0.39 is 21.7 Å². The lowest BCUT2D eigenvalue weighted by molar-refractivity contribution is -0.137. The summed E-state index contributed by atoms with van der Waals surface area (Å²) >= 11 is 0. The number of nitrogens with one attached hydrogen (secondary N) is 1. The van der Waals surface area contributed by atoms with Crippen LogP contribution in [0.1, 0.15) is 26.3 Å². The van der Waals surface area contributed by atoms with Gasteiger partial charge in [-0.2, -0.15) is 13.2 Å². The number of halogens is 3. The lowest BCUT2D eigenvalue weighted by Gasteiger charge is -2.18. The van der Waals surface area contributed by atoms with E-state index >= 15 is 0 Å². The quantitative estimate of drug-likeness (QED) is 0.628. The highest BCUT2D eigenvalue weighted by atomic mass is 33.1. The lowest BCUT2D eigenvalue weighted by Crippen LogP contribution is -2.38. The maximum Gasteiger partial charge on any atom is 0.416 e. The second-order valence-corrected chi connectivity index (χ2v) is 10.2. The van der Waals surface area contributed by atoms with Gasteiger partial charge in [-0.25, -0.2) is 0 Å². The molecule has 9 heteroatoms. The number of amides is 2. The number of hydrogen-bond donors (Lipinski definition) is 1. The molecule has 1 atom stereocenters. The van der Waals surface area contributed by atoms with E-state index in [0.29, 0.717) is 0 Å². The fourth-order valence-electron chi connectivity index (χ4n) is 2.04. The molecule has 1 aliphatic heterocycles. The molecular formula is C15H18F3N2O2S2+. The topological polar surface area (TPSA) is 49.4 Å². The van der Waals surface area contributed by atoms with Crippen molar-refractivity contribution in [2.45, 2.75) is 32.5 Å². The molecule has 1 unspecified atom stereocenters. The highest BCUT2D eigenvalue weighted by Crippen LogP contribution is 2.34. The van der Waals surface area contributed by atoms with Crippen molar-refractivity contribution in [3.05, 3.63) is 29.8 Å². The van der Waals surface area contributed by atoms with Crippen LogP contribution >= 0.6 is 10.8 Å². The number of nitrogens with zero attached hydrogens (tertiary/aromatic N) is 1. The van der Waals surface area contributed by atoms with Gasteiger partial charge >= 0.3 is 11.4 Å². The molecule has 24 heavy (non-hydrogen) atoms. The van der Waals surface area contributed by atoms with Gasteiger partial charge in [0.25, 0.3) is 5.91 Å². The largest absolute Gasteiger partial charge is 0.416 e. The molecule has 2 rings (SSSR count). The summed E-state index contributed by atoms with van der Waals surface area (Å²) in [7, 11) is 0.458. The molecule has 1 heterocycles. The van der Waals surface area contributed by atoms with Crippen molar-refractivity contribution >= 4 is 37.6 Å². The predicted molar refractivity (Wildman–Crippen MR) is 91.9 cm³/mol. The minimum Gasteiger partial charge on any atom is -0.339 e. The Labute approximate surface area is 144 Å². The summed E-state index contributed by atoms with van der Waals surface area (Å²) in [5, 5.41) is 2.56. The monoisotopic (exact) mass is 379 g/mol. The summed E-state index contributed by atoms with van der Waals surface area (Å²) in [6.45, 7) is 5.55. The third-order valence-electron chi connectivity index (χ3n) is 3.01. The Morgan fingerprint density at radius 3 is 2.54 bits per heavy atom. The second-order valence-electron chi connectivity index (χ2n) is 6.33. The molecule has 0 saturated carbocycles. The number of rotatable bonds is 2. The van der Waals surface area contributed by atoms with Gasteiger partial charge < -0.3 is 5.32 Å². The van der Waals surface area contributed by atoms with Crippen LogP contribution in [0.4, 0.5) is 23.7 Å². The molecule has 0 radical (unpaired) electrons. The molecule has 132 valence electrons. The van der Waals surface area contributed by atoms with Crippen molar-refractivity contribution < 1.29 is 22.8 Å². The van der Waals surface area contributed by atoms with Crippen molar-refractivity contribution in [1.29, 1.82) is 0 Å². The summed E-state index contributed by atoms with van der Waals surface area (Å²) in [4.78, 5) is 25.4. The smallest absolute Gasteiger partial charge is 0.339 e. The standard InChI is InChI=1S/C15H17F3N2O2S2/c1-14(2,3)19-13(22)23-24-8-12(21)20(9-24)11-6-4-5-10(7-11)15(16,17)18/h4-7H,8-9H2,1-3H3/p+1.